The number of nitrogens with zero attached hydrogens (tertiary/aromatic N) is 1. The van der Waals surface area contributed by atoms with Crippen LogP contribution in [0.25, 0.3) is 0 Å². The zero-order chi connectivity index (χ0) is 15.5. The molecule has 1 aromatic carbocycles. The van der Waals surface area contributed by atoms with Crippen molar-refractivity contribution in [2.75, 3.05) is 6.54 Å². The summed E-state index contributed by atoms with van der Waals surface area (Å²) in [7, 11) is 0. The Morgan fingerprint density at radius 3 is 2.73 bits per heavy atom. The molecular weight excluding hydrogens is 284 g/mol. The van der Waals surface area contributed by atoms with Crippen molar-refractivity contribution in [2.45, 2.75) is 51.2 Å². The number of halogens is 2. The Morgan fingerprint density at radius 2 is 2.09 bits per heavy atom. The van der Waals surface area contributed by atoms with Crippen LogP contribution in [0.3, 0.4) is 0 Å². The van der Waals surface area contributed by atoms with Crippen LogP contribution in [-0.4, -0.2) is 23.5 Å². The minimum atomic E-state index is -1.01. The largest absolute Gasteiger partial charge is 0.332 e. The quantitative estimate of drug-likeness (QED) is 0.826. The van der Waals surface area contributed by atoms with Crippen molar-refractivity contribution in [2.24, 2.45) is 10.8 Å². The Labute approximate surface area is 129 Å². The van der Waals surface area contributed by atoms with E-state index in [1.807, 2.05) is 0 Å². The van der Waals surface area contributed by atoms with Gasteiger partial charge in [-0.2, -0.15) is 0 Å². The van der Waals surface area contributed by atoms with Crippen molar-refractivity contribution in [1.29, 1.82) is 0 Å². The second-order valence-corrected chi connectivity index (χ2v) is 7.53. The van der Waals surface area contributed by atoms with Gasteiger partial charge in [-0.25, -0.2) is 8.78 Å². The van der Waals surface area contributed by atoms with Crippen LogP contribution in [0.2, 0.25) is 0 Å². The van der Waals surface area contributed by atoms with Crippen LogP contribution in [0.5, 0.6) is 0 Å². The van der Waals surface area contributed by atoms with E-state index in [2.05, 4.69) is 6.92 Å². The molecule has 22 heavy (non-hydrogen) atoms. The molecule has 4 heteroatoms. The van der Waals surface area contributed by atoms with Crippen molar-refractivity contribution in [3.05, 3.63) is 35.6 Å². The third kappa shape index (κ3) is 1.85. The molecule has 0 radical (unpaired) electrons. The minimum Gasteiger partial charge on any atom is -0.332 e. The van der Waals surface area contributed by atoms with Gasteiger partial charge in [0.25, 0.3) is 0 Å². The molecule has 118 valence electrons. The third-order valence-corrected chi connectivity index (χ3v) is 6.09. The van der Waals surface area contributed by atoms with E-state index >= 15 is 0 Å². The first-order valence-electron chi connectivity index (χ1n) is 8.18. The van der Waals surface area contributed by atoms with E-state index in [0.717, 1.165) is 25.7 Å². The number of rotatable bonds is 3. The first-order chi connectivity index (χ1) is 10.5. The Kier molecular flexibility index (Phi) is 2.91. The number of amides is 1. The highest BCUT2D eigenvalue weighted by Gasteiger charge is 2.71. The molecule has 4 fully saturated rings. The summed E-state index contributed by atoms with van der Waals surface area (Å²) in [5.74, 6) is -0.236. The topological polar surface area (TPSA) is 20.3 Å². The van der Waals surface area contributed by atoms with Gasteiger partial charge in [0.1, 0.15) is 12.0 Å². The van der Waals surface area contributed by atoms with E-state index in [0.29, 0.717) is 11.0 Å². The van der Waals surface area contributed by atoms with Crippen LogP contribution in [0, 0.1) is 16.6 Å². The molecule has 2 nitrogen and oxygen atoms in total. The van der Waals surface area contributed by atoms with Gasteiger partial charge in [-0.15, -0.1) is 0 Å². The maximum Gasteiger partial charge on any atom is 0.229 e. The molecule has 0 N–H and O–H groups in total. The van der Waals surface area contributed by atoms with Gasteiger partial charge in [-0.05, 0) is 42.4 Å². The fourth-order valence-corrected chi connectivity index (χ4v) is 4.94. The smallest absolute Gasteiger partial charge is 0.229 e. The molecule has 1 aliphatic heterocycles. The lowest BCUT2D eigenvalue weighted by atomic mass is 9.34. The predicted octanol–water partition coefficient (Wildman–Crippen LogP) is 4.02. The van der Waals surface area contributed by atoms with Crippen LogP contribution in [0.15, 0.2) is 24.3 Å². The third-order valence-electron chi connectivity index (χ3n) is 6.09. The summed E-state index contributed by atoms with van der Waals surface area (Å²) in [6, 6.07) is 5.92. The van der Waals surface area contributed by atoms with Crippen LogP contribution < -0.4 is 0 Å². The summed E-state index contributed by atoms with van der Waals surface area (Å²) in [4.78, 5) is 14.6. The number of hydrogen-bond donors (Lipinski definition) is 0. The molecule has 1 amide bonds. The van der Waals surface area contributed by atoms with Crippen LogP contribution >= 0.6 is 0 Å². The zero-order valence-electron chi connectivity index (χ0n) is 12.8. The van der Waals surface area contributed by atoms with E-state index in [1.54, 1.807) is 17.0 Å². The molecule has 2 unspecified atom stereocenters. The van der Waals surface area contributed by atoms with Crippen molar-refractivity contribution in [1.82, 2.24) is 4.90 Å². The zero-order valence-corrected chi connectivity index (χ0v) is 12.8. The van der Waals surface area contributed by atoms with Crippen molar-refractivity contribution in [3.63, 3.8) is 0 Å². The van der Waals surface area contributed by atoms with Crippen LogP contribution in [0.1, 0.15) is 50.6 Å². The highest BCUT2D eigenvalue weighted by Crippen LogP contribution is 2.75. The van der Waals surface area contributed by atoms with Gasteiger partial charge in [0.2, 0.25) is 5.91 Å². The number of likely N-dealkylation sites (tertiary alicyclic amines) is 1. The standard InChI is InChI=1S/C18H21F2NO/c1-2-17-9-18(10-17,11-17)16(22)21-8-14(20)7-15(21)12-4-3-5-13(19)6-12/h3-6,14-15H,2,7-11H2,1H3. The fourth-order valence-electron chi connectivity index (χ4n) is 4.94. The molecule has 2 bridgehead atoms. The molecule has 3 aliphatic carbocycles. The molecule has 1 aromatic rings. The Bertz CT molecular complexity index is 609. The number of hydrogen-bond acceptors (Lipinski definition) is 1. The second kappa shape index (κ2) is 4.53. The lowest BCUT2D eigenvalue weighted by molar-refractivity contribution is -0.218. The average molecular weight is 305 g/mol. The van der Waals surface area contributed by atoms with Gasteiger partial charge >= 0.3 is 0 Å². The maximum atomic E-state index is 13.9. The van der Waals surface area contributed by atoms with Gasteiger partial charge in [0, 0.05) is 6.42 Å². The molecule has 5 rings (SSSR count). The summed E-state index contributed by atoms with van der Waals surface area (Å²) in [6.07, 6.45) is 3.27. The van der Waals surface area contributed by atoms with Crippen molar-refractivity contribution >= 4 is 5.91 Å². The average Bonchev–Trinajstić information content (AvgIpc) is 2.78. The number of alkyl halides is 1. The summed E-state index contributed by atoms with van der Waals surface area (Å²) in [5, 5.41) is 0. The Balaban J connectivity index is 1.56. The minimum absolute atomic E-state index is 0.0947. The molecule has 4 aliphatic rings. The van der Waals surface area contributed by atoms with E-state index in [4.69, 9.17) is 0 Å². The second-order valence-electron chi connectivity index (χ2n) is 7.53. The number of carbonyl (C=O) groups excluding carboxylic acids is 1. The van der Waals surface area contributed by atoms with E-state index < -0.39 is 6.17 Å². The van der Waals surface area contributed by atoms with Crippen molar-refractivity contribution < 1.29 is 13.6 Å². The number of benzene rings is 1. The predicted molar refractivity (Wildman–Crippen MR) is 79.4 cm³/mol. The van der Waals surface area contributed by atoms with Crippen LogP contribution in [0.4, 0.5) is 8.78 Å². The first-order valence-corrected chi connectivity index (χ1v) is 8.18. The Hall–Kier alpha value is -1.45. The normalized spacial score (nSPS) is 39.3. The van der Waals surface area contributed by atoms with Gasteiger partial charge in [-0.1, -0.05) is 25.5 Å². The number of carbonyl (C=O) groups is 1. The monoisotopic (exact) mass is 305 g/mol. The highest BCUT2D eigenvalue weighted by atomic mass is 19.1. The van der Waals surface area contributed by atoms with Gasteiger partial charge in [-0.3, -0.25) is 4.79 Å². The molecule has 2 atom stereocenters. The molecule has 1 heterocycles. The first kappa shape index (κ1) is 14.2. The van der Waals surface area contributed by atoms with E-state index in [9.17, 15) is 13.6 Å². The summed E-state index contributed by atoms with van der Waals surface area (Å²) < 4.78 is 27.4. The SMILES string of the molecule is CCC12CC(C(=O)N3CC(F)CC3c3cccc(F)c3)(C1)C2. The highest BCUT2D eigenvalue weighted by molar-refractivity contribution is 5.87. The van der Waals surface area contributed by atoms with Gasteiger partial charge in [0.05, 0.1) is 18.0 Å². The lowest BCUT2D eigenvalue weighted by Gasteiger charge is -2.70. The maximum absolute atomic E-state index is 13.9. The summed E-state index contributed by atoms with van der Waals surface area (Å²) in [6.45, 7) is 2.33. The molecule has 1 saturated heterocycles. The Morgan fingerprint density at radius 1 is 1.36 bits per heavy atom. The molecule has 3 saturated carbocycles. The molecule has 0 spiro atoms. The fraction of sp³-hybridized carbons (Fsp3) is 0.611. The summed E-state index contributed by atoms with van der Waals surface area (Å²) in [5.41, 5.74) is 0.870. The van der Waals surface area contributed by atoms with Crippen LogP contribution in [-0.2, 0) is 4.79 Å². The van der Waals surface area contributed by atoms with Crippen molar-refractivity contribution in [3.8, 4) is 0 Å². The van der Waals surface area contributed by atoms with Gasteiger partial charge < -0.3 is 4.90 Å². The van der Waals surface area contributed by atoms with Gasteiger partial charge in [0.15, 0.2) is 0 Å². The van der Waals surface area contributed by atoms with E-state index in [1.165, 1.54) is 12.1 Å². The van der Waals surface area contributed by atoms with E-state index in [-0.39, 0.29) is 36.1 Å². The lowest BCUT2D eigenvalue weighted by Crippen LogP contribution is -2.67. The molecule has 0 aromatic heterocycles. The summed E-state index contributed by atoms with van der Waals surface area (Å²) >= 11 is 0. The molecular formula is C18H21F2NO.